The summed E-state index contributed by atoms with van der Waals surface area (Å²) in [6.45, 7) is 5.10. The molecule has 18 heavy (non-hydrogen) atoms. The normalized spacial score (nSPS) is 31.1. The van der Waals surface area contributed by atoms with E-state index in [4.69, 9.17) is 0 Å². The van der Waals surface area contributed by atoms with Crippen LogP contribution in [0.1, 0.15) is 6.42 Å². The summed E-state index contributed by atoms with van der Waals surface area (Å²) in [6, 6.07) is 0. The Kier molecular flexibility index (Phi) is 4.56. The molecule has 0 aromatic rings. The van der Waals surface area contributed by atoms with Gasteiger partial charge >= 0.3 is 0 Å². The molecule has 2 rings (SSSR count). The maximum absolute atomic E-state index is 12.1. The highest BCUT2D eigenvalue weighted by Crippen LogP contribution is 2.39. The fourth-order valence-electron chi connectivity index (χ4n) is 3.41. The van der Waals surface area contributed by atoms with Gasteiger partial charge in [-0.05, 0) is 26.3 Å². The van der Waals surface area contributed by atoms with E-state index in [1.165, 1.54) is 0 Å². The number of rotatable bonds is 5. The first-order valence-corrected chi connectivity index (χ1v) is 8.09. The first kappa shape index (κ1) is 14.2. The number of nitrogens with one attached hydrogen (secondary N) is 1. The molecule has 104 valence electrons. The summed E-state index contributed by atoms with van der Waals surface area (Å²) in [5, 5.41) is 3.50. The van der Waals surface area contributed by atoms with Gasteiger partial charge in [0.05, 0.1) is 0 Å². The van der Waals surface area contributed by atoms with Crippen molar-refractivity contribution in [1.82, 2.24) is 15.1 Å². The van der Waals surface area contributed by atoms with Crippen LogP contribution in [0.2, 0.25) is 0 Å². The molecule has 0 aromatic heterocycles. The molecule has 1 amide bonds. The van der Waals surface area contributed by atoms with Gasteiger partial charge in [0.2, 0.25) is 5.91 Å². The monoisotopic (exact) mass is 271 g/mol. The summed E-state index contributed by atoms with van der Waals surface area (Å²) >= 11 is 1.75. The third kappa shape index (κ3) is 2.83. The van der Waals surface area contributed by atoms with Crippen LogP contribution in [-0.4, -0.2) is 74.5 Å². The van der Waals surface area contributed by atoms with Crippen LogP contribution in [0.4, 0.5) is 0 Å². The number of thioether (sulfide) groups is 1. The molecule has 2 aliphatic rings. The fraction of sp³-hybridized carbons (Fsp3) is 0.923. The van der Waals surface area contributed by atoms with Gasteiger partial charge in [0.25, 0.3) is 0 Å². The van der Waals surface area contributed by atoms with Crippen molar-refractivity contribution in [3.05, 3.63) is 0 Å². The van der Waals surface area contributed by atoms with Gasteiger partial charge in [-0.25, -0.2) is 0 Å². The largest absolute Gasteiger partial charge is 0.342 e. The molecule has 0 saturated carbocycles. The van der Waals surface area contributed by atoms with E-state index in [0.717, 1.165) is 38.5 Å². The first-order chi connectivity index (χ1) is 8.57. The Balaban J connectivity index is 1.97. The standard InChI is InChI=1S/C13H25N3OS/c1-15(2)9-13-8-14-6-11(13)7-16(10-13)12(17)4-5-18-3/h11,14H,4-10H2,1-3H3. The van der Waals surface area contributed by atoms with Crippen molar-refractivity contribution in [2.24, 2.45) is 11.3 Å². The molecular weight excluding hydrogens is 246 g/mol. The molecule has 1 N–H and O–H groups in total. The number of carbonyl (C=O) groups excluding carboxylic acids is 1. The quantitative estimate of drug-likeness (QED) is 0.783. The van der Waals surface area contributed by atoms with Crippen molar-refractivity contribution in [2.75, 3.05) is 58.8 Å². The van der Waals surface area contributed by atoms with Crippen LogP contribution in [0.25, 0.3) is 0 Å². The number of hydrogen-bond donors (Lipinski definition) is 1. The lowest BCUT2D eigenvalue weighted by Gasteiger charge is -2.31. The summed E-state index contributed by atoms with van der Waals surface area (Å²) in [6.07, 6.45) is 2.75. The summed E-state index contributed by atoms with van der Waals surface area (Å²) in [4.78, 5) is 16.5. The molecule has 5 heteroatoms. The van der Waals surface area contributed by atoms with Crippen molar-refractivity contribution >= 4 is 17.7 Å². The van der Waals surface area contributed by atoms with Gasteiger partial charge < -0.3 is 15.1 Å². The van der Waals surface area contributed by atoms with Crippen molar-refractivity contribution in [3.63, 3.8) is 0 Å². The van der Waals surface area contributed by atoms with E-state index in [1.807, 2.05) is 0 Å². The number of amides is 1. The predicted octanol–water partition coefficient (Wildman–Crippen LogP) is 0.349. The van der Waals surface area contributed by atoms with E-state index in [1.54, 1.807) is 11.8 Å². The molecule has 2 atom stereocenters. The summed E-state index contributed by atoms with van der Waals surface area (Å²) in [5.74, 6) is 1.92. The van der Waals surface area contributed by atoms with Crippen LogP contribution < -0.4 is 5.32 Å². The fourth-order valence-corrected chi connectivity index (χ4v) is 3.79. The van der Waals surface area contributed by atoms with Gasteiger partial charge in [0, 0.05) is 50.3 Å². The van der Waals surface area contributed by atoms with E-state index in [9.17, 15) is 4.79 Å². The zero-order valence-electron chi connectivity index (χ0n) is 11.7. The van der Waals surface area contributed by atoms with Gasteiger partial charge in [-0.2, -0.15) is 11.8 Å². The van der Waals surface area contributed by atoms with Crippen molar-refractivity contribution in [2.45, 2.75) is 6.42 Å². The van der Waals surface area contributed by atoms with Crippen LogP contribution in [0.3, 0.4) is 0 Å². The Labute approximate surface area is 114 Å². The molecule has 0 radical (unpaired) electrons. The van der Waals surface area contributed by atoms with Gasteiger partial charge in [0.15, 0.2) is 0 Å². The maximum Gasteiger partial charge on any atom is 0.223 e. The van der Waals surface area contributed by atoms with Crippen molar-refractivity contribution in [1.29, 1.82) is 0 Å². The Bertz CT molecular complexity index is 311. The van der Waals surface area contributed by atoms with E-state index in [2.05, 4.69) is 35.5 Å². The van der Waals surface area contributed by atoms with Gasteiger partial charge in [-0.3, -0.25) is 4.79 Å². The second kappa shape index (κ2) is 5.80. The zero-order valence-corrected chi connectivity index (χ0v) is 12.6. The third-order valence-electron chi connectivity index (χ3n) is 4.18. The van der Waals surface area contributed by atoms with Crippen LogP contribution in [0.15, 0.2) is 0 Å². The number of hydrogen-bond acceptors (Lipinski definition) is 4. The lowest BCUT2D eigenvalue weighted by Crippen LogP contribution is -2.42. The third-order valence-corrected chi connectivity index (χ3v) is 4.80. The molecule has 0 aromatic carbocycles. The molecule has 2 aliphatic heterocycles. The van der Waals surface area contributed by atoms with Gasteiger partial charge in [-0.15, -0.1) is 0 Å². The Morgan fingerprint density at radius 1 is 1.56 bits per heavy atom. The summed E-state index contributed by atoms with van der Waals surface area (Å²) < 4.78 is 0. The van der Waals surface area contributed by atoms with Crippen LogP contribution in [0, 0.1) is 11.3 Å². The van der Waals surface area contributed by atoms with Crippen LogP contribution in [-0.2, 0) is 4.79 Å². The second-order valence-electron chi connectivity index (χ2n) is 5.95. The van der Waals surface area contributed by atoms with Crippen molar-refractivity contribution in [3.8, 4) is 0 Å². The molecule has 4 nitrogen and oxygen atoms in total. The van der Waals surface area contributed by atoms with Crippen LogP contribution in [0.5, 0.6) is 0 Å². The summed E-state index contributed by atoms with van der Waals surface area (Å²) in [5.41, 5.74) is 0.290. The molecule has 0 aliphatic carbocycles. The highest BCUT2D eigenvalue weighted by Gasteiger charge is 2.50. The van der Waals surface area contributed by atoms with Gasteiger partial charge in [-0.1, -0.05) is 0 Å². The maximum atomic E-state index is 12.1. The smallest absolute Gasteiger partial charge is 0.223 e. The number of carbonyl (C=O) groups is 1. The Hall–Kier alpha value is -0.260. The SMILES string of the molecule is CSCCC(=O)N1CC2CNCC2(CN(C)C)C1. The average Bonchev–Trinajstić information content (AvgIpc) is 2.80. The van der Waals surface area contributed by atoms with E-state index in [0.29, 0.717) is 23.7 Å². The molecule has 2 fully saturated rings. The molecular formula is C13H25N3OS. The lowest BCUT2D eigenvalue weighted by atomic mass is 9.80. The molecule has 0 spiro atoms. The summed E-state index contributed by atoms with van der Waals surface area (Å²) in [7, 11) is 4.25. The van der Waals surface area contributed by atoms with E-state index in [-0.39, 0.29) is 0 Å². The zero-order chi connectivity index (χ0) is 13.2. The lowest BCUT2D eigenvalue weighted by molar-refractivity contribution is -0.130. The average molecular weight is 271 g/mol. The molecule has 2 heterocycles. The van der Waals surface area contributed by atoms with E-state index < -0.39 is 0 Å². The Morgan fingerprint density at radius 2 is 2.33 bits per heavy atom. The highest BCUT2D eigenvalue weighted by atomic mass is 32.2. The molecule has 2 unspecified atom stereocenters. The number of nitrogens with zero attached hydrogens (tertiary/aromatic N) is 2. The minimum absolute atomic E-state index is 0.290. The van der Waals surface area contributed by atoms with Gasteiger partial charge in [0.1, 0.15) is 0 Å². The highest BCUT2D eigenvalue weighted by molar-refractivity contribution is 7.98. The Morgan fingerprint density at radius 3 is 3.00 bits per heavy atom. The minimum atomic E-state index is 0.290. The molecule has 2 saturated heterocycles. The second-order valence-corrected chi connectivity index (χ2v) is 6.93. The first-order valence-electron chi connectivity index (χ1n) is 6.69. The number of likely N-dealkylation sites (tertiary alicyclic amines) is 1. The topological polar surface area (TPSA) is 35.6 Å². The van der Waals surface area contributed by atoms with Crippen molar-refractivity contribution < 1.29 is 4.79 Å². The van der Waals surface area contributed by atoms with Crippen LogP contribution >= 0.6 is 11.8 Å². The predicted molar refractivity (Wildman–Crippen MR) is 76.9 cm³/mol. The molecule has 0 bridgehead atoms. The minimum Gasteiger partial charge on any atom is -0.342 e. The number of fused-ring (bicyclic) bond motifs is 1. The van der Waals surface area contributed by atoms with E-state index >= 15 is 0 Å².